The summed E-state index contributed by atoms with van der Waals surface area (Å²) in [6.45, 7) is -0.695. The van der Waals surface area contributed by atoms with Crippen LogP contribution in [0.15, 0.2) is 18.2 Å². The number of carbonyl (C=O) groups excluding carboxylic acids is 2. The minimum absolute atomic E-state index is 0.0669. The maximum atomic E-state index is 14.2. The van der Waals surface area contributed by atoms with Crippen LogP contribution in [0.5, 0.6) is 0 Å². The maximum absolute atomic E-state index is 14.2. The number of ketones is 1. The van der Waals surface area contributed by atoms with Crippen LogP contribution in [0.3, 0.4) is 0 Å². The average Bonchev–Trinajstić information content (AvgIpc) is 3.01. The molecule has 1 heterocycles. The SMILES string of the molecule is O=C1CCCc2c1sc(Nc1ccc(I)cc1F)c2C(=O)NO[C@@H](O)CO. The van der Waals surface area contributed by atoms with Crippen molar-refractivity contribution in [3.05, 3.63) is 43.6 Å². The zero-order valence-corrected chi connectivity index (χ0v) is 16.9. The Bertz CT molecular complexity index is 888. The zero-order valence-electron chi connectivity index (χ0n) is 13.9. The van der Waals surface area contributed by atoms with Crippen molar-refractivity contribution < 1.29 is 29.0 Å². The second-order valence-corrected chi connectivity index (χ2v) is 8.09. The van der Waals surface area contributed by atoms with Gasteiger partial charge in [0.25, 0.3) is 5.91 Å². The van der Waals surface area contributed by atoms with E-state index in [0.29, 0.717) is 34.7 Å². The number of hydrogen-bond donors (Lipinski definition) is 4. The first-order valence-corrected chi connectivity index (χ1v) is 9.96. The molecule has 0 bridgehead atoms. The van der Waals surface area contributed by atoms with E-state index in [9.17, 15) is 19.1 Å². The van der Waals surface area contributed by atoms with Crippen LogP contribution in [0.4, 0.5) is 15.1 Å². The number of Topliss-reactive ketones (excluding diaryl/α,β-unsaturated/α-hetero) is 1. The normalized spacial score (nSPS) is 14.6. The monoisotopic (exact) mass is 506 g/mol. The first-order chi connectivity index (χ1) is 12.9. The predicted octanol–water partition coefficient (Wildman–Crippen LogP) is 2.73. The molecule has 1 atom stereocenters. The van der Waals surface area contributed by atoms with Crippen LogP contribution in [0.2, 0.25) is 0 Å². The molecule has 0 spiro atoms. The molecule has 0 unspecified atom stereocenters. The topological polar surface area (TPSA) is 108 Å². The number of rotatable bonds is 6. The van der Waals surface area contributed by atoms with Crippen LogP contribution < -0.4 is 10.8 Å². The van der Waals surface area contributed by atoms with Crippen LogP contribution in [0, 0.1) is 9.39 Å². The quantitative estimate of drug-likeness (QED) is 0.273. The molecule has 27 heavy (non-hydrogen) atoms. The number of fused-ring (bicyclic) bond motifs is 1. The van der Waals surface area contributed by atoms with E-state index in [4.69, 9.17) is 5.11 Å². The molecule has 3 rings (SSSR count). The lowest BCUT2D eigenvalue weighted by molar-refractivity contribution is -0.154. The Morgan fingerprint density at radius 1 is 1.41 bits per heavy atom. The average molecular weight is 506 g/mol. The van der Waals surface area contributed by atoms with Gasteiger partial charge >= 0.3 is 0 Å². The van der Waals surface area contributed by atoms with Crippen LogP contribution in [-0.4, -0.2) is 34.8 Å². The van der Waals surface area contributed by atoms with Gasteiger partial charge in [0.2, 0.25) is 6.29 Å². The summed E-state index contributed by atoms with van der Waals surface area (Å²) in [6.07, 6.45) is -0.0406. The fourth-order valence-electron chi connectivity index (χ4n) is 2.72. The molecular weight excluding hydrogens is 490 g/mol. The Morgan fingerprint density at radius 2 is 2.19 bits per heavy atom. The predicted molar refractivity (Wildman–Crippen MR) is 106 cm³/mol. The lowest BCUT2D eigenvalue weighted by Gasteiger charge is -2.14. The molecule has 4 N–H and O–H groups in total. The highest BCUT2D eigenvalue weighted by Crippen LogP contribution is 2.40. The number of nitrogens with one attached hydrogen (secondary N) is 2. The van der Waals surface area contributed by atoms with Crippen molar-refractivity contribution in [1.82, 2.24) is 5.48 Å². The van der Waals surface area contributed by atoms with Crippen molar-refractivity contribution in [1.29, 1.82) is 0 Å². The molecule has 0 saturated heterocycles. The van der Waals surface area contributed by atoms with Crippen molar-refractivity contribution in [3.8, 4) is 0 Å². The Balaban J connectivity index is 1.97. The lowest BCUT2D eigenvalue weighted by atomic mass is 9.94. The molecule has 1 amide bonds. The Morgan fingerprint density at radius 3 is 2.89 bits per heavy atom. The number of thiophene rings is 1. The van der Waals surface area contributed by atoms with Gasteiger partial charge in [0.05, 0.1) is 22.7 Å². The van der Waals surface area contributed by atoms with E-state index in [-0.39, 0.29) is 17.0 Å². The van der Waals surface area contributed by atoms with Gasteiger partial charge in [-0.05, 0) is 59.2 Å². The Hall–Kier alpha value is -1.60. The molecule has 1 aliphatic rings. The number of hydrogen-bond acceptors (Lipinski definition) is 7. The summed E-state index contributed by atoms with van der Waals surface area (Å²) in [5.41, 5.74) is 2.98. The van der Waals surface area contributed by atoms with Crippen molar-refractivity contribution in [2.75, 3.05) is 11.9 Å². The fraction of sp³-hybridized carbons (Fsp3) is 0.294. The highest BCUT2D eigenvalue weighted by atomic mass is 127. The molecule has 1 aliphatic carbocycles. The van der Waals surface area contributed by atoms with Gasteiger partial charge in [-0.3, -0.25) is 9.59 Å². The minimum Gasteiger partial charge on any atom is -0.391 e. The fourth-order valence-corrected chi connectivity index (χ4v) is 4.40. The van der Waals surface area contributed by atoms with E-state index in [1.54, 1.807) is 12.1 Å². The molecule has 10 heteroatoms. The zero-order chi connectivity index (χ0) is 19.6. The van der Waals surface area contributed by atoms with Gasteiger partial charge in [0.15, 0.2) is 5.78 Å². The van der Waals surface area contributed by atoms with Crippen molar-refractivity contribution in [2.24, 2.45) is 0 Å². The van der Waals surface area contributed by atoms with Gasteiger partial charge in [-0.1, -0.05) is 0 Å². The first-order valence-electron chi connectivity index (χ1n) is 8.06. The summed E-state index contributed by atoms with van der Waals surface area (Å²) in [7, 11) is 0. The van der Waals surface area contributed by atoms with Crippen LogP contribution >= 0.6 is 33.9 Å². The molecule has 0 fully saturated rings. The first kappa shape index (κ1) is 20.1. The summed E-state index contributed by atoms with van der Waals surface area (Å²) in [5, 5.41) is 21.2. The molecular formula is C17H16FIN2O5S. The Kier molecular flexibility index (Phi) is 6.42. The van der Waals surface area contributed by atoms with Crippen LogP contribution in [-0.2, 0) is 11.3 Å². The number of amides is 1. The Labute approximate surface area is 171 Å². The van der Waals surface area contributed by atoms with Gasteiger partial charge in [-0.25, -0.2) is 14.7 Å². The maximum Gasteiger partial charge on any atom is 0.278 e. The smallest absolute Gasteiger partial charge is 0.278 e. The second-order valence-electron chi connectivity index (χ2n) is 5.83. The highest BCUT2D eigenvalue weighted by Gasteiger charge is 2.30. The van der Waals surface area contributed by atoms with Crippen molar-refractivity contribution in [2.45, 2.75) is 25.6 Å². The minimum atomic E-state index is -1.57. The van der Waals surface area contributed by atoms with Gasteiger partial charge in [0.1, 0.15) is 10.8 Å². The summed E-state index contributed by atoms with van der Waals surface area (Å²) in [5.74, 6) is -1.25. The number of aliphatic hydroxyl groups excluding tert-OH is 2. The number of hydroxylamine groups is 1. The van der Waals surface area contributed by atoms with Crippen LogP contribution in [0.1, 0.15) is 38.4 Å². The molecule has 7 nitrogen and oxygen atoms in total. The van der Waals surface area contributed by atoms with E-state index >= 15 is 0 Å². The van der Waals surface area contributed by atoms with Crippen LogP contribution in [0.25, 0.3) is 0 Å². The molecule has 1 aromatic heterocycles. The van der Waals surface area contributed by atoms with E-state index < -0.39 is 24.6 Å². The third kappa shape index (κ3) is 4.46. The van der Waals surface area contributed by atoms with E-state index in [2.05, 4.69) is 15.6 Å². The van der Waals surface area contributed by atoms with E-state index in [1.165, 1.54) is 6.07 Å². The van der Waals surface area contributed by atoms with E-state index in [0.717, 1.165) is 14.9 Å². The van der Waals surface area contributed by atoms with Gasteiger partial charge in [-0.2, -0.15) is 0 Å². The molecule has 2 aromatic rings. The van der Waals surface area contributed by atoms with Crippen molar-refractivity contribution in [3.63, 3.8) is 0 Å². The third-order valence-electron chi connectivity index (χ3n) is 3.94. The third-order valence-corrected chi connectivity index (χ3v) is 5.80. The highest BCUT2D eigenvalue weighted by molar-refractivity contribution is 14.1. The van der Waals surface area contributed by atoms with Gasteiger partial charge < -0.3 is 15.5 Å². The molecule has 144 valence electrons. The second kappa shape index (κ2) is 8.61. The van der Waals surface area contributed by atoms with Gasteiger partial charge in [-0.15, -0.1) is 11.3 Å². The number of anilines is 2. The van der Waals surface area contributed by atoms with Crippen molar-refractivity contribution >= 4 is 56.3 Å². The largest absolute Gasteiger partial charge is 0.391 e. The summed E-state index contributed by atoms with van der Waals surface area (Å²) >= 11 is 3.08. The van der Waals surface area contributed by atoms with E-state index in [1.807, 2.05) is 22.6 Å². The summed E-state index contributed by atoms with van der Waals surface area (Å²) in [4.78, 5) is 29.9. The molecule has 0 saturated carbocycles. The number of halogens is 2. The summed E-state index contributed by atoms with van der Waals surface area (Å²) < 4.78 is 14.9. The molecule has 0 aliphatic heterocycles. The molecule has 0 radical (unpaired) electrons. The number of benzene rings is 1. The summed E-state index contributed by atoms with van der Waals surface area (Å²) in [6, 6.07) is 4.61. The van der Waals surface area contributed by atoms with Gasteiger partial charge in [0, 0.05) is 9.99 Å². The lowest BCUT2D eigenvalue weighted by Crippen LogP contribution is -2.32. The number of aliphatic hydroxyl groups is 2. The standard InChI is InChI=1S/C17H16FIN2O5S/c18-10-6-8(19)4-5-11(10)20-17-14(16(25)21-26-13(24)7-22)9-2-1-3-12(23)15(9)27-17/h4-6,13,20,22,24H,1-3,7H2,(H,21,25)/t13-/m1/s1. The number of carbonyl (C=O) groups is 2. The molecule has 1 aromatic carbocycles.